The molecule has 10 N–H and O–H groups in total. The first-order chi connectivity index (χ1) is 20.7. The predicted molar refractivity (Wildman–Crippen MR) is 182 cm³/mol. The summed E-state index contributed by atoms with van der Waals surface area (Å²) < 4.78 is 0. The Morgan fingerprint density at radius 2 is 0.857 bits per heavy atom. The minimum absolute atomic E-state index is 0.745. The summed E-state index contributed by atoms with van der Waals surface area (Å²) in [7, 11) is 0. The second-order valence-electron chi connectivity index (χ2n) is 11.4. The zero-order valence-corrected chi connectivity index (χ0v) is 26.0. The quantitative estimate of drug-likeness (QED) is 0.0706. The number of hydrogen-bond acceptors (Lipinski definition) is 8. The molecule has 0 radical (unpaired) electrons. The van der Waals surface area contributed by atoms with E-state index in [0.717, 1.165) is 130 Å². The molecule has 3 aromatic rings. The van der Waals surface area contributed by atoms with Crippen molar-refractivity contribution in [1.29, 1.82) is 0 Å². The number of rotatable bonds is 24. The lowest BCUT2D eigenvalue weighted by molar-refractivity contribution is 0.265. The Bertz CT molecular complexity index is 1040. The molecule has 0 spiro atoms. The lowest BCUT2D eigenvalue weighted by Gasteiger charge is -2.22. The summed E-state index contributed by atoms with van der Waals surface area (Å²) in [6, 6.07) is 18.1. The first kappa shape index (κ1) is 34.4. The molecule has 0 unspecified atom stereocenters. The van der Waals surface area contributed by atoms with Gasteiger partial charge in [-0.2, -0.15) is 0 Å². The molecule has 0 saturated carbocycles. The van der Waals surface area contributed by atoms with Gasteiger partial charge in [0.2, 0.25) is 0 Å². The van der Waals surface area contributed by atoms with Gasteiger partial charge in [-0.15, -0.1) is 0 Å². The van der Waals surface area contributed by atoms with Crippen LogP contribution in [-0.2, 0) is 13.1 Å². The zero-order chi connectivity index (χ0) is 29.8. The van der Waals surface area contributed by atoms with E-state index in [-0.39, 0.29) is 0 Å². The Labute approximate surface area is 254 Å². The van der Waals surface area contributed by atoms with E-state index in [9.17, 15) is 0 Å². The van der Waals surface area contributed by atoms with Gasteiger partial charge in [-0.25, -0.2) is 0 Å². The van der Waals surface area contributed by atoms with Gasteiger partial charge >= 0.3 is 0 Å². The molecule has 3 rings (SSSR count). The highest BCUT2D eigenvalue weighted by atomic mass is 15.1. The van der Waals surface area contributed by atoms with Crippen LogP contribution < -0.4 is 33.6 Å². The smallest absolute Gasteiger partial charge is 0.0211 e. The second kappa shape index (κ2) is 20.7. The van der Waals surface area contributed by atoms with Crippen LogP contribution in [0.3, 0.4) is 0 Å². The van der Waals surface area contributed by atoms with Crippen LogP contribution in [0.15, 0.2) is 48.5 Å². The van der Waals surface area contributed by atoms with Gasteiger partial charge in [-0.1, -0.05) is 36.4 Å². The van der Waals surface area contributed by atoms with Crippen molar-refractivity contribution in [2.75, 3.05) is 78.5 Å². The van der Waals surface area contributed by atoms with Crippen LogP contribution >= 0.6 is 0 Å². The molecule has 234 valence electrons. The number of hydrogen-bond donors (Lipinski definition) is 6. The Kier molecular flexibility index (Phi) is 16.9. The Balaban J connectivity index is 1.56. The van der Waals surface area contributed by atoms with Crippen molar-refractivity contribution < 1.29 is 0 Å². The number of fused-ring (bicyclic) bond motifs is 2. The van der Waals surface area contributed by atoms with Gasteiger partial charge in [-0.3, -0.25) is 0 Å². The maximum Gasteiger partial charge on any atom is 0.0211 e. The molecule has 8 nitrogen and oxygen atoms in total. The van der Waals surface area contributed by atoms with Gasteiger partial charge in [0.05, 0.1) is 0 Å². The number of nitrogens with two attached hydrogens (primary N) is 4. The lowest BCUT2D eigenvalue weighted by atomic mass is 9.97. The van der Waals surface area contributed by atoms with Gasteiger partial charge in [0.1, 0.15) is 0 Å². The van der Waals surface area contributed by atoms with Crippen LogP contribution in [0.25, 0.3) is 21.5 Å². The third kappa shape index (κ3) is 11.9. The summed E-state index contributed by atoms with van der Waals surface area (Å²) in [6.07, 6.45) is 6.42. The molecule has 0 aliphatic carbocycles. The molecule has 0 amide bonds. The average molecular weight is 579 g/mol. The molecule has 42 heavy (non-hydrogen) atoms. The largest absolute Gasteiger partial charge is 0.330 e. The number of benzene rings is 3. The van der Waals surface area contributed by atoms with E-state index in [1.165, 1.54) is 32.7 Å². The molecule has 0 heterocycles. The van der Waals surface area contributed by atoms with Crippen molar-refractivity contribution >= 4 is 21.5 Å². The van der Waals surface area contributed by atoms with Gasteiger partial charge in [-0.05, 0) is 162 Å². The highest BCUT2D eigenvalue weighted by Gasteiger charge is 2.08. The highest BCUT2D eigenvalue weighted by molar-refractivity contribution is 6.00. The third-order valence-electron chi connectivity index (χ3n) is 8.06. The minimum Gasteiger partial charge on any atom is -0.330 e. The minimum atomic E-state index is 0.745. The fourth-order valence-corrected chi connectivity index (χ4v) is 5.72. The molecular weight excluding hydrogens is 520 g/mol. The van der Waals surface area contributed by atoms with Gasteiger partial charge in [0.25, 0.3) is 0 Å². The summed E-state index contributed by atoms with van der Waals surface area (Å²) in [5, 5.41) is 12.7. The molecule has 0 bridgehead atoms. The lowest BCUT2D eigenvalue weighted by Crippen LogP contribution is -2.31. The average Bonchev–Trinajstić information content (AvgIpc) is 3.01. The molecular formula is C34H58N8. The second-order valence-corrected chi connectivity index (χ2v) is 11.4. The van der Waals surface area contributed by atoms with Gasteiger partial charge in [0.15, 0.2) is 0 Å². The van der Waals surface area contributed by atoms with E-state index in [2.05, 4.69) is 69.0 Å². The van der Waals surface area contributed by atoms with E-state index < -0.39 is 0 Å². The van der Waals surface area contributed by atoms with Crippen molar-refractivity contribution in [1.82, 2.24) is 20.4 Å². The summed E-state index contributed by atoms with van der Waals surface area (Å²) in [4.78, 5) is 5.00. The van der Waals surface area contributed by atoms with Crippen LogP contribution in [0.2, 0.25) is 0 Å². The molecule has 0 fully saturated rings. The van der Waals surface area contributed by atoms with E-state index >= 15 is 0 Å². The van der Waals surface area contributed by atoms with Gasteiger partial charge in [0, 0.05) is 13.1 Å². The first-order valence-corrected chi connectivity index (χ1v) is 16.3. The van der Waals surface area contributed by atoms with Crippen molar-refractivity contribution in [2.24, 2.45) is 22.9 Å². The number of nitrogens with one attached hydrogen (secondary N) is 2. The maximum absolute atomic E-state index is 5.73. The van der Waals surface area contributed by atoms with Crippen molar-refractivity contribution in [2.45, 2.75) is 51.6 Å². The van der Waals surface area contributed by atoms with E-state index in [1.807, 2.05) is 0 Å². The molecule has 8 heteroatoms. The summed E-state index contributed by atoms with van der Waals surface area (Å²) in [6.45, 7) is 13.1. The molecule has 0 saturated heterocycles. The summed E-state index contributed by atoms with van der Waals surface area (Å²) in [5.41, 5.74) is 25.6. The predicted octanol–water partition coefficient (Wildman–Crippen LogP) is 2.95. The fraction of sp³-hybridized carbons (Fsp3) is 0.588. The Morgan fingerprint density at radius 3 is 1.24 bits per heavy atom. The van der Waals surface area contributed by atoms with Crippen molar-refractivity contribution in [3.63, 3.8) is 0 Å². The van der Waals surface area contributed by atoms with Crippen molar-refractivity contribution in [3.8, 4) is 0 Å². The van der Waals surface area contributed by atoms with Crippen LogP contribution in [0, 0.1) is 0 Å². The van der Waals surface area contributed by atoms with Crippen LogP contribution in [0.4, 0.5) is 0 Å². The van der Waals surface area contributed by atoms with Crippen LogP contribution in [-0.4, -0.2) is 88.3 Å². The molecule has 0 aliphatic heterocycles. The van der Waals surface area contributed by atoms with E-state index in [0.29, 0.717) is 0 Å². The fourth-order valence-electron chi connectivity index (χ4n) is 5.72. The summed E-state index contributed by atoms with van der Waals surface area (Å²) >= 11 is 0. The molecule has 0 aromatic heterocycles. The third-order valence-corrected chi connectivity index (χ3v) is 8.06. The topological polar surface area (TPSA) is 135 Å². The maximum atomic E-state index is 5.73. The number of nitrogens with zero attached hydrogens (tertiary/aromatic N) is 2. The van der Waals surface area contributed by atoms with E-state index in [1.54, 1.807) is 0 Å². The molecule has 0 atom stereocenters. The highest BCUT2D eigenvalue weighted by Crippen LogP contribution is 2.28. The van der Waals surface area contributed by atoms with Crippen LogP contribution in [0.5, 0.6) is 0 Å². The molecule has 0 aliphatic rings. The Morgan fingerprint density at radius 1 is 0.476 bits per heavy atom. The normalized spacial score (nSPS) is 12.0. The summed E-state index contributed by atoms with van der Waals surface area (Å²) in [5.74, 6) is 0. The Hall–Kier alpha value is -2.14. The zero-order valence-electron chi connectivity index (χ0n) is 26.0. The first-order valence-electron chi connectivity index (χ1n) is 16.3. The van der Waals surface area contributed by atoms with Gasteiger partial charge < -0.3 is 43.4 Å². The van der Waals surface area contributed by atoms with E-state index in [4.69, 9.17) is 22.9 Å². The monoisotopic (exact) mass is 578 g/mol. The molecule has 3 aromatic carbocycles. The standard InChI is InChI=1S/C34H58N8/c35-13-3-19-41(20-4-14-36)23-7-17-39-27-31-11-1-9-29-25-30-10-2-12-32(34(30)26-33(29)31)28-40-18-8-24-42(21-5-15-37)22-6-16-38/h1-2,9-12,25-26,39-40H,3-8,13-24,27-28,35-38H2. The van der Waals surface area contributed by atoms with Crippen molar-refractivity contribution in [3.05, 3.63) is 59.7 Å². The van der Waals surface area contributed by atoms with Crippen LogP contribution in [0.1, 0.15) is 49.7 Å². The SMILES string of the molecule is NCCCN(CCCN)CCCNCc1cccc2cc3cccc(CNCCCN(CCCN)CCCN)c3cc12.